The van der Waals surface area contributed by atoms with Crippen LogP contribution in [0.2, 0.25) is 5.02 Å². The van der Waals surface area contributed by atoms with Crippen molar-refractivity contribution in [2.45, 2.75) is 5.33 Å². The first-order valence-corrected chi connectivity index (χ1v) is 8.67. The zero-order chi connectivity index (χ0) is 14.7. The molecule has 0 aromatic heterocycles. The molecule has 0 amide bonds. The number of para-hydroxylation sites is 1. The summed E-state index contributed by atoms with van der Waals surface area (Å²) in [6, 6.07) is 16.8. The lowest BCUT2D eigenvalue weighted by atomic mass is 10.1. The fourth-order valence-electron chi connectivity index (χ4n) is 2.79. The molecule has 0 atom stereocenters. The summed E-state index contributed by atoms with van der Waals surface area (Å²) in [5.74, 6) is 0. The van der Waals surface area contributed by atoms with Gasteiger partial charge < -0.3 is 9.80 Å². The smallest absolute Gasteiger partial charge is 0.0408 e. The summed E-state index contributed by atoms with van der Waals surface area (Å²) >= 11 is 9.54. The molecule has 1 aliphatic rings. The van der Waals surface area contributed by atoms with Crippen LogP contribution < -0.4 is 9.80 Å². The molecule has 2 aromatic carbocycles. The molecule has 0 N–H and O–H groups in total. The molecule has 0 saturated carbocycles. The standard InChI is InChI=1S/C17H18BrClN2/c18-13-14-3-1-2-4-17(14)21-11-9-20(10-12-21)16-7-5-15(19)6-8-16/h1-8H,9-13H2. The molecule has 21 heavy (non-hydrogen) atoms. The molecule has 2 aromatic rings. The fraction of sp³-hybridized carbons (Fsp3) is 0.294. The number of rotatable bonds is 3. The predicted molar refractivity (Wildman–Crippen MR) is 95.0 cm³/mol. The summed E-state index contributed by atoms with van der Waals surface area (Å²) in [6.07, 6.45) is 0. The lowest BCUT2D eigenvalue weighted by molar-refractivity contribution is 0.652. The predicted octanol–water partition coefficient (Wildman–Crippen LogP) is 4.56. The first-order valence-electron chi connectivity index (χ1n) is 7.17. The van der Waals surface area contributed by atoms with Gasteiger partial charge in [0.15, 0.2) is 0 Å². The van der Waals surface area contributed by atoms with Gasteiger partial charge in [-0.1, -0.05) is 45.7 Å². The van der Waals surface area contributed by atoms with Crippen molar-refractivity contribution in [3.63, 3.8) is 0 Å². The average molecular weight is 366 g/mol. The molecule has 1 saturated heterocycles. The minimum atomic E-state index is 0.795. The Bertz CT molecular complexity index is 592. The Hall–Kier alpha value is -1.19. The molecule has 2 nitrogen and oxygen atoms in total. The second-order valence-electron chi connectivity index (χ2n) is 5.21. The van der Waals surface area contributed by atoms with Gasteiger partial charge in [-0.3, -0.25) is 0 Å². The van der Waals surface area contributed by atoms with Crippen molar-refractivity contribution in [1.29, 1.82) is 0 Å². The number of piperazine rings is 1. The molecule has 110 valence electrons. The van der Waals surface area contributed by atoms with Gasteiger partial charge in [-0.15, -0.1) is 0 Å². The van der Waals surface area contributed by atoms with Crippen LogP contribution in [0.25, 0.3) is 0 Å². The molecule has 0 unspecified atom stereocenters. The SMILES string of the molecule is Clc1ccc(N2CCN(c3ccccc3CBr)CC2)cc1. The van der Waals surface area contributed by atoms with E-state index in [0.717, 1.165) is 36.5 Å². The van der Waals surface area contributed by atoms with Gasteiger partial charge in [-0.25, -0.2) is 0 Å². The Morgan fingerprint density at radius 3 is 2.14 bits per heavy atom. The van der Waals surface area contributed by atoms with Crippen molar-refractivity contribution in [2.75, 3.05) is 36.0 Å². The monoisotopic (exact) mass is 364 g/mol. The first kappa shape index (κ1) is 14.7. The summed E-state index contributed by atoms with van der Waals surface area (Å²) in [6.45, 7) is 4.18. The van der Waals surface area contributed by atoms with Crippen LogP contribution in [0.3, 0.4) is 0 Å². The second kappa shape index (κ2) is 6.71. The van der Waals surface area contributed by atoms with E-state index in [1.807, 2.05) is 12.1 Å². The Balaban J connectivity index is 1.69. The second-order valence-corrected chi connectivity index (χ2v) is 6.21. The lowest BCUT2D eigenvalue weighted by Gasteiger charge is -2.38. The largest absolute Gasteiger partial charge is 0.368 e. The highest BCUT2D eigenvalue weighted by molar-refractivity contribution is 9.08. The fourth-order valence-corrected chi connectivity index (χ4v) is 3.39. The average Bonchev–Trinajstić information content (AvgIpc) is 2.56. The molecular formula is C17H18BrClN2. The van der Waals surface area contributed by atoms with Crippen LogP contribution in [0.4, 0.5) is 11.4 Å². The Morgan fingerprint density at radius 1 is 0.857 bits per heavy atom. The normalized spacial score (nSPS) is 15.3. The molecule has 3 rings (SSSR count). The van der Waals surface area contributed by atoms with Crippen LogP contribution in [0.15, 0.2) is 48.5 Å². The Kier molecular flexibility index (Phi) is 4.71. The van der Waals surface area contributed by atoms with Gasteiger partial charge in [0, 0.05) is 47.9 Å². The van der Waals surface area contributed by atoms with Gasteiger partial charge >= 0.3 is 0 Å². The highest BCUT2D eigenvalue weighted by Crippen LogP contribution is 2.25. The van der Waals surface area contributed by atoms with Crippen LogP contribution in [-0.2, 0) is 5.33 Å². The van der Waals surface area contributed by atoms with Crippen LogP contribution in [0.1, 0.15) is 5.56 Å². The number of nitrogens with zero attached hydrogens (tertiary/aromatic N) is 2. The topological polar surface area (TPSA) is 6.48 Å². The molecule has 0 spiro atoms. The van der Waals surface area contributed by atoms with Gasteiger partial charge in [-0.2, -0.15) is 0 Å². The highest BCUT2D eigenvalue weighted by atomic mass is 79.9. The summed E-state index contributed by atoms with van der Waals surface area (Å²) in [7, 11) is 0. The van der Waals surface area contributed by atoms with E-state index in [9.17, 15) is 0 Å². The molecule has 0 aliphatic carbocycles. The summed E-state index contributed by atoms with van der Waals surface area (Å²) in [5.41, 5.74) is 3.97. The number of alkyl halides is 1. The van der Waals surface area contributed by atoms with E-state index < -0.39 is 0 Å². The molecule has 1 fully saturated rings. The van der Waals surface area contributed by atoms with E-state index in [4.69, 9.17) is 11.6 Å². The van der Waals surface area contributed by atoms with Gasteiger partial charge in [0.2, 0.25) is 0 Å². The maximum atomic E-state index is 5.96. The molecule has 1 aliphatic heterocycles. The number of anilines is 2. The van der Waals surface area contributed by atoms with E-state index in [1.54, 1.807) is 0 Å². The van der Waals surface area contributed by atoms with E-state index >= 15 is 0 Å². The zero-order valence-electron chi connectivity index (χ0n) is 11.8. The molecule has 4 heteroatoms. The number of hydrogen-bond acceptors (Lipinski definition) is 2. The van der Waals surface area contributed by atoms with Crippen molar-refractivity contribution in [2.24, 2.45) is 0 Å². The van der Waals surface area contributed by atoms with E-state index in [-0.39, 0.29) is 0 Å². The van der Waals surface area contributed by atoms with Crippen LogP contribution in [-0.4, -0.2) is 26.2 Å². The summed E-state index contributed by atoms with van der Waals surface area (Å²) in [4.78, 5) is 4.90. The Labute approximate surface area is 139 Å². The van der Waals surface area contributed by atoms with Crippen LogP contribution in [0.5, 0.6) is 0 Å². The van der Waals surface area contributed by atoms with Crippen molar-refractivity contribution in [1.82, 2.24) is 0 Å². The highest BCUT2D eigenvalue weighted by Gasteiger charge is 2.18. The van der Waals surface area contributed by atoms with Gasteiger partial charge in [0.1, 0.15) is 0 Å². The number of benzene rings is 2. The summed E-state index contributed by atoms with van der Waals surface area (Å²) in [5, 5.41) is 1.70. The third-order valence-electron chi connectivity index (χ3n) is 3.95. The van der Waals surface area contributed by atoms with E-state index in [1.165, 1.54) is 16.9 Å². The minimum Gasteiger partial charge on any atom is -0.368 e. The quantitative estimate of drug-likeness (QED) is 0.736. The van der Waals surface area contributed by atoms with Crippen molar-refractivity contribution in [3.8, 4) is 0 Å². The zero-order valence-corrected chi connectivity index (χ0v) is 14.1. The number of halogens is 2. The molecule has 0 radical (unpaired) electrons. The third-order valence-corrected chi connectivity index (χ3v) is 4.80. The van der Waals surface area contributed by atoms with Crippen molar-refractivity contribution in [3.05, 3.63) is 59.1 Å². The van der Waals surface area contributed by atoms with E-state index in [0.29, 0.717) is 0 Å². The summed E-state index contributed by atoms with van der Waals surface area (Å²) < 4.78 is 0. The van der Waals surface area contributed by atoms with Gasteiger partial charge in [0.25, 0.3) is 0 Å². The van der Waals surface area contributed by atoms with Crippen LogP contribution in [0, 0.1) is 0 Å². The van der Waals surface area contributed by atoms with Crippen LogP contribution >= 0.6 is 27.5 Å². The molecule has 0 bridgehead atoms. The van der Waals surface area contributed by atoms with Gasteiger partial charge in [-0.05, 0) is 35.9 Å². The van der Waals surface area contributed by atoms with E-state index in [2.05, 4.69) is 62.1 Å². The third kappa shape index (κ3) is 3.35. The maximum Gasteiger partial charge on any atom is 0.0408 e. The number of hydrogen-bond donors (Lipinski definition) is 0. The molecular weight excluding hydrogens is 348 g/mol. The molecule has 1 heterocycles. The first-order chi connectivity index (χ1) is 10.3. The van der Waals surface area contributed by atoms with Crippen molar-refractivity contribution < 1.29 is 0 Å². The Morgan fingerprint density at radius 2 is 1.48 bits per heavy atom. The van der Waals surface area contributed by atoms with Crippen molar-refractivity contribution >= 4 is 38.9 Å². The lowest BCUT2D eigenvalue weighted by Crippen LogP contribution is -2.46. The minimum absolute atomic E-state index is 0.795. The van der Waals surface area contributed by atoms with Gasteiger partial charge in [0.05, 0.1) is 0 Å². The maximum absolute atomic E-state index is 5.96.